The molecule has 0 aliphatic carbocycles. The van der Waals surface area contributed by atoms with Crippen molar-refractivity contribution in [1.82, 2.24) is 4.23 Å². The smallest absolute Gasteiger partial charge is 0.365 e. The Balaban J connectivity index is 1.93. The zero-order valence-corrected chi connectivity index (χ0v) is 26.3. The average Bonchev–Trinajstić information content (AvgIpc) is 3.10. The van der Waals surface area contributed by atoms with Gasteiger partial charge in [0.15, 0.2) is 0 Å². The van der Waals surface area contributed by atoms with Gasteiger partial charge >= 0.3 is 12.1 Å². The lowest BCUT2D eigenvalue weighted by Crippen LogP contribution is -2.92. The minimum atomic E-state index is -5.17. The Morgan fingerprint density at radius 1 is 0.378 bits per heavy atom. The maximum absolute atomic E-state index is 15.5. The van der Waals surface area contributed by atoms with E-state index in [1.54, 1.807) is 0 Å². The van der Waals surface area contributed by atoms with Gasteiger partial charge in [-0.05, 0) is 31.1 Å². The zero-order chi connectivity index (χ0) is 31.3. The number of nitrogens with zero attached hydrogens (tertiary/aromatic N) is 1. The summed E-state index contributed by atoms with van der Waals surface area (Å²) >= 11 is 0. The summed E-state index contributed by atoms with van der Waals surface area (Å²) in [6.45, 7) is 0. The van der Waals surface area contributed by atoms with E-state index in [1.165, 1.54) is 4.23 Å². The molecule has 0 heterocycles. The molecule has 45 heavy (non-hydrogen) atoms. The lowest BCUT2D eigenvalue weighted by molar-refractivity contribution is -0.177. The minimum absolute atomic E-state index is 0.680. The molecule has 0 aliphatic rings. The second-order valence-electron chi connectivity index (χ2n) is 10.8. The first-order valence-corrected chi connectivity index (χ1v) is 18.6. The van der Waals surface area contributed by atoms with Gasteiger partial charge in [-0.3, -0.25) is 4.79 Å². The Morgan fingerprint density at radius 3 is 0.711 bits per heavy atom. The van der Waals surface area contributed by atoms with Crippen LogP contribution in [-0.2, 0) is 4.79 Å². The zero-order valence-electron chi connectivity index (χ0n) is 24.3. The summed E-state index contributed by atoms with van der Waals surface area (Å²) in [6.07, 6.45) is -5.17. The van der Waals surface area contributed by atoms with E-state index in [0.717, 1.165) is 0 Å². The predicted molar refractivity (Wildman–Crippen MR) is 181 cm³/mol. The van der Waals surface area contributed by atoms with Gasteiger partial charge in [-0.15, -0.1) is 0 Å². The van der Waals surface area contributed by atoms with Gasteiger partial charge in [0, 0.05) is 0 Å². The van der Waals surface area contributed by atoms with E-state index in [2.05, 4.69) is 0 Å². The second kappa shape index (κ2) is 12.6. The largest absolute Gasteiger partial charge is 0.469 e. The molecule has 6 aromatic carbocycles. The SMILES string of the molecule is O=C(N([Si](c1ccccc1)(c1ccccc1)c1ccccc1)[Si](c1ccccc1)(c1ccccc1)c1ccccc1)C(F)(F)F. The van der Waals surface area contributed by atoms with E-state index >= 15 is 13.2 Å². The molecule has 0 spiro atoms. The maximum Gasteiger partial charge on any atom is 0.469 e. The number of carbonyl (C=O) groups is 1. The second-order valence-corrected chi connectivity index (χ2v) is 18.4. The third kappa shape index (κ3) is 5.24. The van der Waals surface area contributed by atoms with Gasteiger partial charge in [0.05, 0.1) is 0 Å². The molecule has 0 atom stereocenters. The Kier molecular flexibility index (Phi) is 8.39. The van der Waals surface area contributed by atoms with Crippen molar-refractivity contribution in [2.24, 2.45) is 0 Å². The van der Waals surface area contributed by atoms with Crippen LogP contribution in [0.3, 0.4) is 0 Å². The van der Waals surface area contributed by atoms with E-state index in [0.29, 0.717) is 31.1 Å². The van der Waals surface area contributed by atoms with Crippen molar-refractivity contribution in [3.63, 3.8) is 0 Å². The number of carbonyl (C=O) groups excluding carboxylic acids is 1. The van der Waals surface area contributed by atoms with Crippen LogP contribution in [0.25, 0.3) is 0 Å². The third-order valence-corrected chi connectivity index (χ3v) is 19.0. The Bertz CT molecular complexity index is 1520. The van der Waals surface area contributed by atoms with Crippen LogP contribution in [0.2, 0.25) is 0 Å². The molecular formula is C38H30F3NOSi2. The van der Waals surface area contributed by atoms with Gasteiger partial charge in [0.2, 0.25) is 16.5 Å². The molecule has 0 radical (unpaired) electrons. The highest BCUT2D eigenvalue weighted by atomic mass is 28.4. The number of hydrogen-bond acceptors (Lipinski definition) is 1. The molecule has 0 aromatic heterocycles. The molecule has 0 bridgehead atoms. The number of benzene rings is 6. The molecule has 0 N–H and O–H groups in total. The van der Waals surface area contributed by atoms with Crippen molar-refractivity contribution >= 4 is 53.5 Å². The first-order chi connectivity index (χ1) is 21.9. The summed E-state index contributed by atoms with van der Waals surface area (Å²) in [5.74, 6) is -1.85. The Labute approximate surface area is 263 Å². The summed E-state index contributed by atoms with van der Waals surface area (Å²) < 4.78 is 47.9. The fourth-order valence-corrected chi connectivity index (χ4v) is 19.3. The van der Waals surface area contributed by atoms with Crippen LogP contribution in [0.15, 0.2) is 182 Å². The highest BCUT2D eigenvalue weighted by Crippen LogP contribution is 2.29. The molecule has 6 aromatic rings. The fraction of sp³-hybridized carbons (Fsp3) is 0.0263. The lowest BCUT2D eigenvalue weighted by atomic mass is 10.3. The van der Waals surface area contributed by atoms with Crippen molar-refractivity contribution in [3.05, 3.63) is 182 Å². The van der Waals surface area contributed by atoms with Gasteiger partial charge < -0.3 is 4.23 Å². The molecule has 0 saturated carbocycles. The summed E-state index contributed by atoms with van der Waals surface area (Å²) in [5, 5.41) is 4.08. The van der Waals surface area contributed by atoms with Gasteiger partial charge in [-0.2, -0.15) is 13.2 Å². The fourth-order valence-electron chi connectivity index (χ4n) is 6.53. The van der Waals surface area contributed by atoms with Crippen LogP contribution in [-0.4, -0.2) is 32.8 Å². The van der Waals surface area contributed by atoms with E-state index in [4.69, 9.17) is 0 Å². The number of halogens is 3. The Hall–Kier alpha value is -4.99. The van der Waals surface area contributed by atoms with Gasteiger partial charge in [0.1, 0.15) is 0 Å². The number of rotatable bonds is 8. The number of hydrogen-bond donors (Lipinski definition) is 0. The van der Waals surface area contributed by atoms with Gasteiger partial charge in [-0.25, -0.2) is 0 Å². The van der Waals surface area contributed by atoms with Crippen molar-refractivity contribution in [2.75, 3.05) is 0 Å². The molecule has 0 unspecified atom stereocenters. The van der Waals surface area contributed by atoms with E-state index in [-0.39, 0.29) is 0 Å². The quantitative estimate of drug-likeness (QED) is 0.177. The summed E-state index contributed by atoms with van der Waals surface area (Å²) in [6, 6.07) is 55.8. The number of alkyl halides is 3. The molecule has 7 heteroatoms. The van der Waals surface area contributed by atoms with Crippen LogP contribution < -0.4 is 31.1 Å². The first kappa shape index (κ1) is 30.1. The molecule has 0 aliphatic heterocycles. The third-order valence-electron chi connectivity index (χ3n) is 8.27. The molecule has 6 rings (SSSR count). The summed E-state index contributed by atoms with van der Waals surface area (Å²) in [4.78, 5) is 14.8. The molecule has 0 saturated heterocycles. The predicted octanol–water partition coefficient (Wildman–Crippen LogP) is 4.71. The van der Waals surface area contributed by atoms with Crippen LogP contribution in [0.1, 0.15) is 0 Å². The maximum atomic E-state index is 15.5. The number of amides is 1. The van der Waals surface area contributed by atoms with Crippen LogP contribution in [0.5, 0.6) is 0 Å². The van der Waals surface area contributed by atoms with E-state index < -0.39 is 28.6 Å². The first-order valence-electron chi connectivity index (χ1n) is 14.7. The normalized spacial score (nSPS) is 12.0. The standard InChI is InChI=1S/C38H30F3NOSi2/c39-38(40,41)37(43)42(44(31-19-7-1-8-20-31,32-21-9-2-10-22-32)33-23-11-3-12-24-33)45(34-25-13-4-14-26-34,35-27-15-5-16-28-35)36-29-17-6-18-30-36/h1-30H. The monoisotopic (exact) mass is 629 g/mol. The van der Waals surface area contributed by atoms with Gasteiger partial charge in [0.25, 0.3) is 0 Å². The van der Waals surface area contributed by atoms with Crippen LogP contribution in [0, 0.1) is 0 Å². The van der Waals surface area contributed by atoms with Gasteiger partial charge in [-0.1, -0.05) is 182 Å². The minimum Gasteiger partial charge on any atom is -0.365 e. The van der Waals surface area contributed by atoms with E-state index in [1.807, 2.05) is 182 Å². The van der Waals surface area contributed by atoms with E-state index in [9.17, 15) is 4.79 Å². The van der Waals surface area contributed by atoms with Crippen molar-refractivity contribution in [3.8, 4) is 0 Å². The topological polar surface area (TPSA) is 20.3 Å². The van der Waals surface area contributed by atoms with Crippen molar-refractivity contribution < 1.29 is 18.0 Å². The van der Waals surface area contributed by atoms with Crippen molar-refractivity contribution in [1.29, 1.82) is 0 Å². The Morgan fingerprint density at radius 2 is 0.556 bits per heavy atom. The highest BCUT2D eigenvalue weighted by Gasteiger charge is 2.64. The molecule has 222 valence electrons. The van der Waals surface area contributed by atoms with Crippen LogP contribution in [0.4, 0.5) is 13.2 Å². The van der Waals surface area contributed by atoms with Crippen LogP contribution >= 0.6 is 0 Å². The highest BCUT2D eigenvalue weighted by molar-refractivity contribution is 7.24. The molecule has 0 fully saturated rings. The summed E-state index contributed by atoms with van der Waals surface area (Å²) in [5.41, 5.74) is 0. The molecule has 1 amide bonds. The average molecular weight is 630 g/mol. The lowest BCUT2D eigenvalue weighted by Gasteiger charge is -2.53. The molecular weight excluding hydrogens is 600 g/mol. The van der Waals surface area contributed by atoms with Crippen molar-refractivity contribution in [2.45, 2.75) is 6.18 Å². The summed E-state index contributed by atoms with van der Waals surface area (Å²) in [7, 11) is -8.17. The molecule has 2 nitrogen and oxygen atoms in total.